The summed E-state index contributed by atoms with van der Waals surface area (Å²) < 4.78 is 45.6. The lowest BCUT2D eigenvalue weighted by Crippen LogP contribution is -2.27. The third-order valence-electron chi connectivity index (χ3n) is 4.82. The Kier molecular flexibility index (Phi) is 7.55. The van der Waals surface area contributed by atoms with Crippen molar-refractivity contribution in [3.8, 4) is 11.5 Å². The van der Waals surface area contributed by atoms with Gasteiger partial charge in [-0.05, 0) is 79.9 Å². The topological polar surface area (TPSA) is 72.7 Å². The minimum absolute atomic E-state index is 0.104. The molecule has 36 heavy (non-hydrogen) atoms. The van der Waals surface area contributed by atoms with Crippen molar-refractivity contribution < 1.29 is 27.6 Å². The molecule has 6 nitrogen and oxygen atoms in total. The lowest BCUT2D eigenvalue weighted by molar-refractivity contribution is -0.385. The first-order chi connectivity index (χ1) is 17.0. The Bertz CT molecular complexity index is 1410. The van der Waals surface area contributed by atoms with E-state index in [4.69, 9.17) is 17.0 Å². The highest BCUT2D eigenvalue weighted by Crippen LogP contribution is 2.43. The van der Waals surface area contributed by atoms with Crippen LogP contribution >= 0.6 is 55.8 Å². The molecule has 0 spiro atoms. The molecular weight excluding hydrogens is 649 g/mol. The number of thiocarbonyl (C=S) groups is 1. The van der Waals surface area contributed by atoms with Crippen molar-refractivity contribution >= 4 is 83.5 Å². The highest BCUT2D eigenvalue weighted by Gasteiger charge is 2.34. The Labute approximate surface area is 228 Å². The van der Waals surface area contributed by atoms with E-state index in [1.54, 1.807) is 42.5 Å². The van der Waals surface area contributed by atoms with Crippen LogP contribution in [0.3, 0.4) is 0 Å². The SMILES string of the molecule is O=C1/C(=C\c2cc(Br)c(Oc3ccc(C(F)(F)F)cc3[N+](=O)[O-])c(Br)c2)SC(=S)N1c1ccccc1. The zero-order valence-corrected chi connectivity index (χ0v) is 22.4. The maximum Gasteiger partial charge on any atom is 0.416 e. The van der Waals surface area contributed by atoms with Crippen molar-refractivity contribution in [2.45, 2.75) is 6.18 Å². The monoisotopic (exact) mass is 658 g/mol. The molecule has 3 aromatic rings. The van der Waals surface area contributed by atoms with Crippen molar-refractivity contribution in [1.29, 1.82) is 0 Å². The normalized spacial score (nSPS) is 15.0. The summed E-state index contributed by atoms with van der Waals surface area (Å²) >= 11 is 13.2. The first-order valence-corrected chi connectivity index (χ1v) is 12.6. The summed E-state index contributed by atoms with van der Waals surface area (Å²) in [5, 5.41) is 11.4. The lowest BCUT2D eigenvalue weighted by atomic mass is 10.1. The maximum absolute atomic E-state index is 13.0. The number of carbonyl (C=O) groups is 1. The standard InChI is InChI=1S/C23H11Br2F3N2O4S2/c24-15-8-12(10-19-21(31)29(22(35)36-19)14-4-2-1-3-5-14)9-16(25)20(15)34-18-7-6-13(23(26,27)28)11-17(18)30(32)33/h1-11H/b19-10+. The Balaban J connectivity index is 1.64. The third-order valence-corrected chi connectivity index (χ3v) is 7.30. The maximum atomic E-state index is 13.0. The molecule has 13 heteroatoms. The highest BCUT2D eigenvalue weighted by molar-refractivity contribution is 9.11. The second-order valence-corrected chi connectivity index (χ2v) is 10.6. The van der Waals surface area contributed by atoms with Crippen molar-refractivity contribution in [3.63, 3.8) is 0 Å². The molecule has 0 saturated carbocycles. The second kappa shape index (κ2) is 10.3. The number of hydrogen-bond donors (Lipinski definition) is 0. The molecule has 1 saturated heterocycles. The van der Waals surface area contributed by atoms with Gasteiger partial charge >= 0.3 is 11.9 Å². The number of anilines is 1. The van der Waals surface area contributed by atoms with E-state index in [1.807, 2.05) is 6.07 Å². The lowest BCUT2D eigenvalue weighted by Gasteiger charge is -2.14. The van der Waals surface area contributed by atoms with Gasteiger partial charge < -0.3 is 4.74 Å². The summed E-state index contributed by atoms with van der Waals surface area (Å²) in [7, 11) is 0. The molecule has 1 aliphatic rings. The van der Waals surface area contributed by atoms with Gasteiger partial charge in [0.1, 0.15) is 0 Å². The van der Waals surface area contributed by atoms with Gasteiger partial charge in [0.2, 0.25) is 5.75 Å². The molecule has 1 fully saturated rings. The van der Waals surface area contributed by atoms with E-state index in [0.29, 0.717) is 41.6 Å². The number of amides is 1. The fourth-order valence-electron chi connectivity index (χ4n) is 3.21. The van der Waals surface area contributed by atoms with E-state index in [0.717, 1.165) is 17.8 Å². The van der Waals surface area contributed by atoms with E-state index in [-0.39, 0.29) is 17.4 Å². The van der Waals surface area contributed by atoms with Gasteiger partial charge in [-0.2, -0.15) is 13.2 Å². The first-order valence-electron chi connectivity index (χ1n) is 9.81. The zero-order chi connectivity index (χ0) is 26.2. The van der Waals surface area contributed by atoms with Crippen LogP contribution in [0.5, 0.6) is 11.5 Å². The Morgan fingerprint density at radius 2 is 1.69 bits per heavy atom. The van der Waals surface area contributed by atoms with E-state index < -0.39 is 22.4 Å². The molecule has 3 aromatic carbocycles. The number of thioether (sulfide) groups is 1. The van der Waals surface area contributed by atoms with Crippen LogP contribution in [0.25, 0.3) is 6.08 Å². The molecule has 1 heterocycles. The van der Waals surface area contributed by atoms with Crippen LogP contribution in [0, 0.1) is 10.1 Å². The average molecular weight is 660 g/mol. The fourth-order valence-corrected chi connectivity index (χ4v) is 5.89. The number of para-hydroxylation sites is 1. The van der Waals surface area contributed by atoms with Crippen molar-refractivity contribution in [3.05, 3.63) is 95.8 Å². The van der Waals surface area contributed by atoms with Gasteiger partial charge in [0.15, 0.2) is 10.1 Å². The quantitative estimate of drug-likeness (QED) is 0.119. The second-order valence-electron chi connectivity index (χ2n) is 7.21. The van der Waals surface area contributed by atoms with Crippen LogP contribution in [-0.2, 0) is 11.0 Å². The number of ether oxygens (including phenoxy) is 1. The summed E-state index contributed by atoms with van der Waals surface area (Å²) in [5.41, 5.74) is -0.774. The molecule has 4 rings (SSSR count). The van der Waals surface area contributed by atoms with Gasteiger partial charge in [-0.15, -0.1) is 0 Å². The van der Waals surface area contributed by atoms with E-state index in [9.17, 15) is 28.1 Å². The van der Waals surface area contributed by atoms with Crippen LogP contribution in [-0.4, -0.2) is 15.2 Å². The Morgan fingerprint density at radius 1 is 1.06 bits per heavy atom. The van der Waals surface area contributed by atoms with Crippen LogP contribution < -0.4 is 9.64 Å². The predicted molar refractivity (Wildman–Crippen MR) is 142 cm³/mol. The van der Waals surface area contributed by atoms with E-state index >= 15 is 0 Å². The summed E-state index contributed by atoms with van der Waals surface area (Å²) in [6.07, 6.45) is -3.12. The zero-order valence-electron chi connectivity index (χ0n) is 17.6. The van der Waals surface area contributed by atoms with Gasteiger partial charge in [0, 0.05) is 6.07 Å². The molecule has 0 aromatic heterocycles. The summed E-state index contributed by atoms with van der Waals surface area (Å²) in [5.74, 6) is -0.554. The number of hydrogen-bond acceptors (Lipinski definition) is 6. The molecule has 0 bridgehead atoms. The molecular formula is C23H11Br2F3N2O4S2. The minimum Gasteiger partial charge on any atom is -0.448 e. The largest absolute Gasteiger partial charge is 0.448 e. The molecule has 1 amide bonds. The molecule has 184 valence electrons. The fraction of sp³-hybridized carbons (Fsp3) is 0.0435. The van der Waals surface area contributed by atoms with E-state index in [2.05, 4.69) is 31.9 Å². The number of benzene rings is 3. The van der Waals surface area contributed by atoms with Gasteiger partial charge in [-0.3, -0.25) is 19.8 Å². The highest BCUT2D eigenvalue weighted by atomic mass is 79.9. The third kappa shape index (κ3) is 5.48. The van der Waals surface area contributed by atoms with Gasteiger partial charge in [-0.25, -0.2) is 0 Å². The number of alkyl halides is 3. The molecule has 0 unspecified atom stereocenters. The first kappa shape index (κ1) is 26.3. The van der Waals surface area contributed by atoms with Crippen molar-refractivity contribution in [2.24, 2.45) is 0 Å². The number of nitro groups is 1. The van der Waals surface area contributed by atoms with Crippen LogP contribution in [0.4, 0.5) is 24.5 Å². The van der Waals surface area contributed by atoms with Gasteiger partial charge in [-0.1, -0.05) is 42.2 Å². The number of nitro benzene ring substituents is 1. The smallest absolute Gasteiger partial charge is 0.416 e. The van der Waals surface area contributed by atoms with Crippen LogP contribution in [0.15, 0.2) is 74.5 Å². The number of halogens is 5. The Morgan fingerprint density at radius 3 is 2.28 bits per heavy atom. The average Bonchev–Trinajstić information content (AvgIpc) is 3.08. The van der Waals surface area contributed by atoms with Crippen LogP contribution in [0.2, 0.25) is 0 Å². The van der Waals surface area contributed by atoms with Crippen molar-refractivity contribution in [2.75, 3.05) is 4.90 Å². The Hall–Kier alpha value is -2.74. The predicted octanol–water partition coefficient (Wildman–Crippen LogP) is 8.34. The minimum atomic E-state index is -4.74. The molecule has 1 aliphatic heterocycles. The van der Waals surface area contributed by atoms with Gasteiger partial charge in [0.25, 0.3) is 5.91 Å². The number of carbonyl (C=O) groups excluding carboxylic acids is 1. The van der Waals surface area contributed by atoms with Crippen LogP contribution in [0.1, 0.15) is 11.1 Å². The summed E-state index contributed by atoms with van der Waals surface area (Å²) in [6, 6.07) is 14.2. The van der Waals surface area contributed by atoms with E-state index in [1.165, 1.54) is 4.90 Å². The van der Waals surface area contributed by atoms with Crippen molar-refractivity contribution in [1.82, 2.24) is 0 Å². The molecule has 0 aliphatic carbocycles. The molecule has 0 atom stereocenters. The summed E-state index contributed by atoms with van der Waals surface area (Å²) in [6.45, 7) is 0. The number of rotatable bonds is 5. The van der Waals surface area contributed by atoms with Gasteiger partial charge in [0.05, 0.1) is 30.0 Å². The number of nitrogens with zero attached hydrogens (tertiary/aromatic N) is 2. The molecule has 0 radical (unpaired) electrons. The molecule has 0 N–H and O–H groups in total. The summed E-state index contributed by atoms with van der Waals surface area (Å²) in [4.78, 5) is 25.2.